The van der Waals surface area contributed by atoms with Crippen molar-refractivity contribution in [2.45, 2.75) is 52.0 Å². The number of unbranched alkanes of at least 4 members (excludes halogenated alkanes) is 1. The van der Waals surface area contributed by atoms with Crippen molar-refractivity contribution < 1.29 is 0 Å². The first kappa shape index (κ1) is 14.8. The van der Waals surface area contributed by atoms with Gasteiger partial charge in [0, 0.05) is 31.3 Å². The molecule has 0 saturated carbocycles. The highest BCUT2D eigenvalue weighted by Gasteiger charge is 2.16. The van der Waals surface area contributed by atoms with E-state index in [0.717, 1.165) is 38.6 Å². The van der Waals surface area contributed by atoms with E-state index in [1.165, 1.54) is 11.3 Å². The highest BCUT2D eigenvalue weighted by atomic mass is 15.3. The van der Waals surface area contributed by atoms with Gasteiger partial charge >= 0.3 is 0 Å². The molecule has 1 rings (SSSR count). The first-order valence-electron chi connectivity index (χ1n) is 6.92. The summed E-state index contributed by atoms with van der Waals surface area (Å²) in [6.07, 6.45) is 12.6. The van der Waals surface area contributed by atoms with E-state index in [9.17, 15) is 0 Å². The molecule has 0 amide bonds. The maximum atomic E-state index is 5.33. The molecule has 18 heavy (non-hydrogen) atoms. The third-order valence-electron chi connectivity index (χ3n) is 3.10. The Hall–Kier alpha value is -1.27. The van der Waals surface area contributed by atoms with Gasteiger partial charge in [-0.05, 0) is 32.2 Å². The van der Waals surface area contributed by atoms with Gasteiger partial charge in [0.05, 0.1) is 5.69 Å². The normalized spacial score (nSPS) is 12.3. The lowest BCUT2D eigenvalue weighted by Crippen LogP contribution is -2.22. The van der Waals surface area contributed by atoms with E-state index in [1.807, 2.05) is 11.7 Å². The number of rotatable bonds is 8. The van der Waals surface area contributed by atoms with E-state index in [1.54, 1.807) is 0 Å². The highest BCUT2D eigenvalue weighted by molar-refractivity contribution is 5.21. The van der Waals surface area contributed by atoms with E-state index in [-0.39, 0.29) is 0 Å². The first-order valence-corrected chi connectivity index (χ1v) is 6.92. The van der Waals surface area contributed by atoms with Crippen LogP contribution in [0.5, 0.6) is 0 Å². The second-order valence-corrected chi connectivity index (χ2v) is 4.66. The fraction of sp³-hybridized carbons (Fsp3) is 0.667. The van der Waals surface area contributed by atoms with E-state index < -0.39 is 0 Å². The predicted molar refractivity (Wildman–Crippen MR) is 76.3 cm³/mol. The van der Waals surface area contributed by atoms with Crippen LogP contribution in [0.1, 0.15) is 56.8 Å². The molecule has 0 spiro atoms. The Balaban J connectivity index is 2.76. The quantitative estimate of drug-likeness (QED) is 0.565. The van der Waals surface area contributed by atoms with Crippen LogP contribution >= 0.6 is 0 Å². The molecule has 1 aromatic rings. The molecule has 1 unspecified atom stereocenters. The summed E-state index contributed by atoms with van der Waals surface area (Å²) in [7, 11) is 1.99. The minimum absolute atomic E-state index is 0.391. The van der Waals surface area contributed by atoms with Gasteiger partial charge in [-0.1, -0.05) is 13.8 Å². The van der Waals surface area contributed by atoms with Gasteiger partial charge in [0.25, 0.3) is 0 Å². The second-order valence-electron chi connectivity index (χ2n) is 4.66. The summed E-state index contributed by atoms with van der Waals surface area (Å²) < 4.78 is 1.91. The molecule has 3 nitrogen and oxygen atoms in total. The average Bonchev–Trinajstić information content (AvgIpc) is 2.75. The van der Waals surface area contributed by atoms with Gasteiger partial charge in [0.15, 0.2) is 0 Å². The van der Waals surface area contributed by atoms with Crippen molar-refractivity contribution in [3.8, 4) is 12.3 Å². The number of hydrogen-bond donors (Lipinski definition) is 1. The molecule has 1 aromatic heterocycles. The van der Waals surface area contributed by atoms with Gasteiger partial charge in [0.2, 0.25) is 0 Å². The monoisotopic (exact) mass is 247 g/mol. The summed E-state index contributed by atoms with van der Waals surface area (Å²) in [6, 6.07) is 0.391. The maximum absolute atomic E-state index is 5.33. The minimum atomic E-state index is 0.391. The van der Waals surface area contributed by atoms with Crippen LogP contribution in [-0.4, -0.2) is 16.3 Å². The van der Waals surface area contributed by atoms with Gasteiger partial charge in [-0.3, -0.25) is 4.68 Å². The summed E-state index contributed by atoms with van der Waals surface area (Å²) in [5.41, 5.74) is 2.54. The van der Waals surface area contributed by atoms with Crippen LogP contribution in [-0.2, 0) is 13.5 Å². The topological polar surface area (TPSA) is 29.9 Å². The zero-order chi connectivity index (χ0) is 13.4. The number of hydrogen-bond acceptors (Lipinski definition) is 2. The Morgan fingerprint density at radius 2 is 2.28 bits per heavy atom. The molecule has 0 bridgehead atoms. The Bertz CT molecular complexity index is 387. The maximum Gasteiger partial charge on any atom is 0.0669 e. The fourth-order valence-corrected chi connectivity index (χ4v) is 2.21. The van der Waals surface area contributed by atoms with Crippen LogP contribution in [0.15, 0.2) is 6.20 Å². The van der Waals surface area contributed by atoms with Crippen LogP contribution < -0.4 is 5.32 Å². The van der Waals surface area contributed by atoms with Crippen molar-refractivity contribution in [3.63, 3.8) is 0 Å². The summed E-state index contributed by atoms with van der Waals surface area (Å²) in [5, 5.41) is 8.13. The molecule has 0 aromatic carbocycles. The highest BCUT2D eigenvalue weighted by Crippen LogP contribution is 2.22. The zero-order valence-electron chi connectivity index (χ0n) is 11.9. The summed E-state index contributed by atoms with van der Waals surface area (Å²) in [5.74, 6) is 2.72. The number of aromatic nitrogens is 2. The molecule has 100 valence electrons. The lowest BCUT2D eigenvalue weighted by Gasteiger charge is -2.18. The number of aryl methyl sites for hydroxylation is 2. The van der Waals surface area contributed by atoms with Gasteiger partial charge in [0.1, 0.15) is 0 Å². The van der Waals surface area contributed by atoms with Crippen molar-refractivity contribution in [1.82, 2.24) is 15.1 Å². The molecule has 1 atom stereocenters. The molecular weight excluding hydrogens is 222 g/mol. The first-order chi connectivity index (χ1) is 8.72. The summed E-state index contributed by atoms with van der Waals surface area (Å²) in [6.45, 7) is 5.39. The lowest BCUT2D eigenvalue weighted by atomic mass is 10.0. The van der Waals surface area contributed by atoms with Gasteiger partial charge in [-0.2, -0.15) is 5.10 Å². The second kappa shape index (κ2) is 7.94. The predicted octanol–water partition coefficient (Wildman–Crippen LogP) is 2.83. The summed E-state index contributed by atoms with van der Waals surface area (Å²) in [4.78, 5) is 0. The number of nitrogens with one attached hydrogen (secondary N) is 1. The average molecular weight is 247 g/mol. The molecule has 0 radical (unpaired) electrons. The van der Waals surface area contributed by atoms with E-state index >= 15 is 0 Å². The summed E-state index contributed by atoms with van der Waals surface area (Å²) >= 11 is 0. The zero-order valence-corrected chi connectivity index (χ0v) is 11.9. The van der Waals surface area contributed by atoms with Gasteiger partial charge in [-0.25, -0.2) is 0 Å². The third-order valence-corrected chi connectivity index (χ3v) is 3.10. The van der Waals surface area contributed by atoms with Crippen molar-refractivity contribution in [1.29, 1.82) is 0 Å². The Labute approximate surface area is 111 Å². The van der Waals surface area contributed by atoms with Crippen LogP contribution in [0, 0.1) is 12.3 Å². The molecule has 0 aliphatic carbocycles. The Kier molecular flexibility index (Phi) is 6.53. The van der Waals surface area contributed by atoms with Crippen LogP contribution in [0.25, 0.3) is 0 Å². The molecule has 1 N–H and O–H groups in total. The molecule has 0 fully saturated rings. The largest absolute Gasteiger partial charge is 0.310 e. The molecular formula is C15H25N3. The third kappa shape index (κ3) is 4.19. The minimum Gasteiger partial charge on any atom is -0.310 e. The van der Waals surface area contributed by atoms with Crippen LogP contribution in [0.2, 0.25) is 0 Å². The van der Waals surface area contributed by atoms with Gasteiger partial charge in [-0.15, -0.1) is 12.3 Å². The Morgan fingerprint density at radius 1 is 1.50 bits per heavy atom. The van der Waals surface area contributed by atoms with E-state index in [4.69, 9.17) is 6.42 Å². The van der Waals surface area contributed by atoms with E-state index in [0.29, 0.717) is 6.04 Å². The molecule has 0 saturated heterocycles. The molecule has 0 aliphatic rings. The van der Waals surface area contributed by atoms with E-state index in [2.05, 4.69) is 36.4 Å². The van der Waals surface area contributed by atoms with Crippen LogP contribution in [0.3, 0.4) is 0 Å². The Morgan fingerprint density at radius 3 is 2.89 bits per heavy atom. The van der Waals surface area contributed by atoms with Gasteiger partial charge < -0.3 is 5.32 Å². The standard InChI is InChI=1S/C15H25N3/c1-5-8-9-10-15(16-11-6-2)13-12-18(4)17-14(13)7-3/h1,12,15-16H,6-11H2,2-4H3. The fourth-order valence-electron chi connectivity index (χ4n) is 2.21. The number of nitrogens with zero attached hydrogens (tertiary/aromatic N) is 2. The lowest BCUT2D eigenvalue weighted by molar-refractivity contribution is 0.484. The molecule has 3 heteroatoms. The smallest absolute Gasteiger partial charge is 0.0669 e. The van der Waals surface area contributed by atoms with Crippen molar-refractivity contribution >= 4 is 0 Å². The SMILES string of the molecule is C#CCCCC(NCCC)c1cn(C)nc1CC. The van der Waals surface area contributed by atoms with Crippen molar-refractivity contribution in [3.05, 3.63) is 17.5 Å². The number of terminal acetylenes is 1. The molecule has 0 aliphatic heterocycles. The van der Waals surface area contributed by atoms with Crippen molar-refractivity contribution in [2.24, 2.45) is 7.05 Å². The van der Waals surface area contributed by atoms with Crippen LogP contribution in [0.4, 0.5) is 0 Å². The molecule has 1 heterocycles. The van der Waals surface area contributed by atoms with Crippen molar-refractivity contribution in [2.75, 3.05) is 6.54 Å².